The Kier molecular flexibility index (Phi) is 6.33. The van der Waals surface area contributed by atoms with Gasteiger partial charge in [0.25, 0.3) is 5.91 Å². The van der Waals surface area contributed by atoms with Crippen LogP contribution in [-0.2, 0) is 11.3 Å². The second-order valence-corrected chi connectivity index (χ2v) is 7.55. The quantitative estimate of drug-likeness (QED) is 0.473. The molecule has 6 heteroatoms. The van der Waals surface area contributed by atoms with Crippen molar-refractivity contribution in [2.75, 3.05) is 32.7 Å². The summed E-state index contributed by atoms with van der Waals surface area (Å²) in [5.74, 6) is -0.00744. The van der Waals surface area contributed by atoms with Crippen LogP contribution in [-0.4, -0.2) is 44.8 Å². The molecule has 1 fully saturated rings. The fourth-order valence-electron chi connectivity index (χ4n) is 3.14. The summed E-state index contributed by atoms with van der Waals surface area (Å²) in [6.07, 6.45) is 1.73. The fraction of sp³-hybridized carbons (Fsp3) is 0.368. The molecule has 1 aliphatic rings. The lowest BCUT2D eigenvalue weighted by Gasteiger charge is -2.29. The average Bonchev–Trinajstić information content (AvgIpc) is 3.03. The van der Waals surface area contributed by atoms with Gasteiger partial charge in [0, 0.05) is 10.4 Å². The van der Waals surface area contributed by atoms with Crippen molar-refractivity contribution in [3.63, 3.8) is 0 Å². The number of hydrazone groups is 1. The van der Waals surface area contributed by atoms with Crippen molar-refractivity contribution in [2.45, 2.75) is 13.5 Å². The number of piperazine rings is 1. The van der Waals surface area contributed by atoms with Gasteiger partial charge in [0.1, 0.15) is 32.7 Å². The summed E-state index contributed by atoms with van der Waals surface area (Å²) in [5.41, 5.74) is 5.23. The highest BCUT2D eigenvalue weighted by molar-refractivity contribution is 7.11. The largest absolute Gasteiger partial charge is 0.322 e. The maximum absolute atomic E-state index is 12.0. The molecule has 1 aromatic heterocycles. The van der Waals surface area contributed by atoms with E-state index in [1.807, 2.05) is 12.3 Å². The number of rotatable bonds is 6. The van der Waals surface area contributed by atoms with Crippen molar-refractivity contribution < 1.29 is 14.6 Å². The number of benzene rings is 1. The molecule has 3 rings (SSSR count). The maximum Gasteiger partial charge on any atom is 0.295 e. The third-order valence-corrected chi connectivity index (χ3v) is 5.60. The van der Waals surface area contributed by atoms with Crippen molar-refractivity contribution in [2.24, 2.45) is 5.10 Å². The van der Waals surface area contributed by atoms with E-state index in [1.165, 1.54) is 16.0 Å². The second-order valence-electron chi connectivity index (χ2n) is 6.60. The van der Waals surface area contributed by atoms with Crippen molar-refractivity contribution in [1.29, 1.82) is 0 Å². The van der Waals surface area contributed by atoms with E-state index < -0.39 is 0 Å². The molecular formula is C19H26N4OS+2. The van der Waals surface area contributed by atoms with Gasteiger partial charge in [-0.25, -0.2) is 5.43 Å². The monoisotopic (exact) mass is 358 g/mol. The summed E-state index contributed by atoms with van der Waals surface area (Å²) >= 11 is 1.63. The van der Waals surface area contributed by atoms with Gasteiger partial charge in [0.05, 0.1) is 6.21 Å². The van der Waals surface area contributed by atoms with Crippen molar-refractivity contribution in [3.8, 4) is 0 Å². The predicted octanol–water partition coefficient (Wildman–Crippen LogP) is -0.510. The summed E-state index contributed by atoms with van der Waals surface area (Å²) in [6, 6.07) is 12.7. The van der Waals surface area contributed by atoms with Crippen LogP contribution in [0.1, 0.15) is 16.0 Å². The first-order valence-electron chi connectivity index (χ1n) is 8.78. The molecule has 2 aromatic rings. The Morgan fingerprint density at radius 3 is 2.56 bits per heavy atom. The van der Waals surface area contributed by atoms with E-state index in [0.717, 1.165) is 37.6 Å². The van der Waals surface area contributed by atoms with Crippen LogP contribution in [0.5, 0.6) is 0 Å². The molecule has 0 atom stereocenters. The Hall–Kier alpha value is -2.02. The highest BCUT2D eigenvalue weighted by atomic mass is 32.1. The molecule has 1 aromatic carbocycles. The van der Waals surface area contributed by atoms with Gasteiger partial charge in [-0.2, -0.15) is 5.10 Å². The van der Waals surface area contributed by atoms with Gasteiger partial charge in [-0.15, -0.1) is 11.3 Å². The van der Waals surface area contributed by atoms with Gasteiger partial charge < -0.3 is 9.80 Å². The minimum absolute atomic E-state index is 0.00744. The van der Waals surface area contributed by atoms with Gasteiger partial charge >= 0.3 is 0 Å². The lowest BCUT2D eigenvalue weighted by atomic mass is 10.2. The number of nitrogens with one attached hydrogen (secondary N) is 3. The minimum atomic E-state index is -0.00744. The van der Waals surface area contributed by atoms with E-state index >= 15 is 0 Å². The molecule has 1 aliphatic heterocycles. The molecule has 0 aliphatic carbocycles. The van der Waals surface area contributed by atoms with Crippen molar-refractivity contribution in [3.05, 3.63) is 57.8 Å². The zero-order valence-electron chi connectivity index (χ0n) is 14.6. The van der Waals surface area contributed by atoms with Gasteiger partial charge in [-0.3, -0.25) is 4.79 Å². The first kappa shape index (κ1) is 17.8. The standard InChI is InChI=1S/C19H24N4OS/c1-16-7-12-25-18(16)13-20-21-19(24)15-23-10-8-22(9-11-23)14-17-5-3-2-4-6-17/h2-7,12-13H,8-11,14-15H2,1H3,(H,21,24)/p+2/b20-13-. The summed E-state index contributed by atoms with van der Waals surface area (Å²) < 4.78 is 0. The molecule has 0 saturated carbocycles. The first-order valence-corrected chi connectivity index (χ1v) is 9.66. The number of aryl methyl sites for hydroxylation is 1. The highest BCUT2D eigenvalue weighted by Gasteiger charge is 2.24. The van der Waals surface area contributed by atoms with Crippen LogP contribution >= 0.6 is 11.3 Å². The Balaban J connectivity index is 1.37. The minimum Gasteiger partial charge on any atom is -0.322 e. The first-order chi connectivity index (χ1) is 12.2. The van der Waals surface area contributed by atoms with Gasteiger partial charge in [-0.05, 0) is 23.9 Å². The predicted molar refractivity (Wildman–Crippen MR) is 101 cm³/mol. The number of thiophene rings is 1. The molecule has 1 amide bonds. The number of quaternary nitrogens is 2. The third-order valence-electron chi connectivity index (χ3n) is 4.64. The molecule has 0 radical (unpaired) electrons. The number of carbonyl (C=O) groups excluding carboxylic acids is 1. The van der Waals surface area contributed by atoms with Crippen molar-refractivity contribution in [1.82, 2.24) is 5.43 Å². The molecule has 25 heavy (non-hydrogen) atoms. The Labute approximate surface area is 153 Å². The molecular weight excluding hydrogens is 332 g/mol. The maximum atomic E-state index is 12.0. The average molecular weight is 359 g/mol. The van der Waals surface area contributed by atoms with Gasteiger partial charge in [0.2, 0.25) is 0 Å². The zero-order valence-corrected chi connectivity index (χ0v) is 15.4. The highest BCUT2D eigenvalue weighted by Crippen LogP contribution is 2.12. The number of hydrogen-bond donors (Lipinski definition) is 3. The van der Waals surface area contributed by atoms with Crippen LogP contribution in [0, 0.1) is 6.92 Å². The van der Waals surface area contributed by atoms with Crippen LogP contribution in [0.2, 0.25) is 0 Å². The molecule has 3 N–H and O–H groups in total. The number of amides is 1. The summed E-state index contributed by atoms with van der Waals surface area (Å²) in [4.78, 5) is 16.1. The lowest BCUT2D eigenvalue weighted by Crippen LogP contribution is -3.28. The molecule has 5 nitrogen and oxygen atoms in total. The second kappa shape index (κ2) is 8.89. The SMILES string of the molecule is Cc1ccsc1/C=N\NC(=O)C[NH+]1CC[NH+](Cc2ccccc2)CC1. The van der Waals surface area contributed by atoms with E-state index in [-0.39, 0.29) is 5.91 Å². The topological polar surface area (TPSA) is 50.3 Å². The molecule has 0 bridgehead atoms. The van der Waals surface area contributed by atoms with Gasteiger partial charge in [0.15, 0.2) is 6.54 Å². The smallest absolute Gasteiger partial charge is 0.295 e. The molecule has 0 spiro atoms. The summed E-state index contributed by atoms with van der Waals surface area (Å²) in [6.45, 7) is 7.89. The van der Waals surface area contributed by atoms with E-state index in [2.05, 4.69) is 46.9 Å². The van der Waals surface area contributed by atoms with E-state index in [9.17, 15) is 4.79 Å². The number of nitrogens with zero attached hydrogens (tertiary/aromatic N) is 1. The molecule has 1 saturated heterocycles. The summed E-state index contributed by atoms with van der Waals surface area (Å²) in [5, 5.41) is 6.11. The number of carbonyl (C=O) groups is 1. The third kappa shape index (κ3) is 5.49. The molecule has 2 heterocycles. The Morgan fingerprint density at radius 1 is 1.16 bits per heavy atom. The van der Waals surface area contributed by atoms with E-state index in [4.69, 9.17) is 0 Å². The number of hydrogen-bond acceptors (Lipinski definition) is 3. The Morgan fingerprint density at radius 2 is 1.88 bits per heavy atom. The zero-order chi connectivity index (χ0) is 17.5. The van der Waals surface area contributed by atoms with Crippen LogP contribution in [0.15, 0.2) is 46.9 Å². The summed E-state index contributed by atoms with van der Waals surface area (Å²) in [7, 11) is 0. The molecule has 132 valence electrons. The van der Waals surface area contributed by atoms with Crippen LogP contribution in [0.25, 0.3) is 0 Å². The van der Waals surface area contributed by atoms with Crippen LogP contribution < -0.4 is 15.2 Å². The molecule has 0 unspecified atom stereocenters. The van der Waals surface area contributed by atoms with Crippen LogP contribution in [0.3, 0.4) is 0 Å². The van der Waals surface area contributed by atoms with E-state index in [0.29, 0.717) is 6.54 Å². The van der Waals surface area contributed by atoms with Gasteiger partial charge in [-0.1, -0.05) is 30.3 Å². The van der Waals surface area contributed by atoms with Crippen molar-refractivity contribution >= 4 is 23.5 Å². The van der Waals surface area contributed by atoms with Crippen LogP contribution in [0.4, 0.5) is 0 Å². The fourth-order valence-corrected chi connectivity index (χ4v) is 3.93. The lowest BCUT2D eigenvalue weighted by molar-refractivity contribution is -1.02. The normalized spacial score (nSPS) is 20.7. The van der Waals surface area contributed by atoms with E-state index in [1.54, 1.807) is 22.5 Å². The Bertz CT molecular complexity index is 705.